The summed E-state index contributed by atoms with van der Waals surface area (Å²) in [6.07, 6.45) is 8.76. The number of hydrogen-bond donors (Lipinski definition) is 1. The number of esters is 1. The fourth-order valence-corrected chi connectivity index (χ4v) is 2.72. The van der Waals surface area contributed by atoms with Crippen molar-refractivity contribution in [3.63, 3.8) is 0 Å². The van der Waals surface area contributed by atoms with Gasteiger partial charge in [-0.05, 0) is 32.4 Å². The molecule has 0 radical (unpaired) electrons. The largest absolute Gasteiger partial charge is 0.463 e. The van der Waals surface area contributed by atoms with Crippen LogP contribution in [0.3, 0.4) is 0 Å². The Labute approximate surface area is 152 Å². The minimum atomic E-state index is -0.119. The van der Waals surface area contributed by atoms with Gasteiger partial charge in [-0.1, -0.05) is 32.6 Å². The number of unbranched alkanes of at least 4 members (excludes halogenated alkanes) is 4. The first-order valence-corrected chi connectivity index (χ1v) is 9.96. The average Bonchev–Trinajstić information content (AvgIpc) is 2.64. The van der Waals surface area contributed by atoms with Gasteiger partial charge in [0.25, 0.3) is 0 Å². The molecule has 6 heteroatoms. The minimum Gasteiger partial charge on any atom is -0.463 e. The maximum Gasteiger partial charge on any atom is 0.305 e. The lowest BCUT2D eigenvalue weighted by molar-refractivity contribution is -0.145. The third-order valence-corrected chi connectivity index (χ3v) is 4.21. The number of nitrogens with one attached hydrogen (secondary N) is 1. The smallest absolute Gasteiger partial charge is 0.305 e. The van der Waals surface area contributed by atoms with Crippen molar-refractivity contribution in [1.82, 2.24) is 5.32 Å². The Hall–Kier alpha value is -0.690. The van der Waals surface area contributed by atoms with E-state index in [1.807, 2.05) is 0 Å². The molecule has 1 rings (SSSR count). The van der Waals surface area contributed by atoms with Crippen molar-refractivity contribution < 1.29 is 23.7 Å². The molecule has 1 N–H and O–H groups in total. The van der Waals surface area contributed by atoms with Crippen molar-refractivity contribution in [2.45, 2.75) is 64.4 Å². The van der Waals surface area contributed by atoms with E-state index in [9.17, 15) is 4.79 Å². The van der Waals surface area contributed by atoms with Crippen molar-refractivity contribution in [2.24, 2.45) is 0 Å². The van der Waals surface area contributed by atoms with Gasteiger partial charge in [0.15, 0.2) is 0 Å². The predicted octanol–water partition coefficient (Wildman–Crippen LogP) is 2.69. The fraction of sp³-hybridized carbons (Fsp3) is 0.947. The Morgan fingerprint density at radius 3 is 2.24 bits per heavy atom. The van der Waals surface area contributed by atoms with Crippen molar-refractivity contribution in [1.29, 1.82) is 0 Å². The summed E-state index contributed by atoms with van der Waals surface area (Å²) in [4.78, 5) is 11.5. The number of ether oxygens (including phenoxy) is 4. The summed E-state index contributed by atoms with van der Waals surface area (Å²) in [5, 5.41) is 3.31. The monoisotopic (exact) mass is 359 g/mol. The van der Waals surface area contributed by atoms with Crippen LogP contribution >= 0.6 is 0 Å². The van der Waals surface area contributed by atoms with E-state index in [0.717, 1.165) is 38.8 Å². The summed E-state index contributed by atoms with van der Waals surface area (Å²) in [6, 6.07) is 0. The highest BCUT2D eigenvalue weighted by molar-refractivity contribution is 5.69. The molecule has 0 saturated carbocycles. The van der Waals surface area contributed by atoms with Gasteiger partial charge in [0, 0.05) is 6.42 Å². The molecular formula is C19H37NO5. The van der Waals surface area contributed by atoms with Crippen LogP contribution in [-0.2, 0) is 23.7 Å². The lowest BCUT2D eigenvalue weighted by Crippen LogP contribution is -2.33. The average molecular weight is 360 g/mol. The molecule has 0 aromatic carbocycles. The topological polar surface area (TPSA) is 66.0 Å². The number of carbonyl (C=O) groups is 1. The molecule has 0 spiro atoms. The van der Waals surface area contributed by atoms with E-state index in [1.165, 1.54) is 19.3 Å². The summed E-state index contributed by atoms with van der Waals surface area (Å²) in [5.41, 5.74) is 0. The molecule has 0 aliphatic carbocycles. The van der Waals surface area contributed by atoms with Crippen molar-refractivity contribution in [3.05, 3.63) is 0 Å². The first-order valence-electron chi connectivity index (χ1n) is 9.96. The zero-order valence-electron chi connectivity index (χ0n) is 15.9. The van der Waals surface area contributed by atoms with Gasteiger partial charge >= 0.3 is 5.97 Å². The van der Waals surface area contributed by atoms with Gasteiger partial charge in [0.2, 0.25) is 0 Å². The van der Waals surface area contributed by atoms with Crippen LogP contribution in [-0.4, -0.2) is 64.8 Å². The third kappa shape index (κ3) is 14.2. The quantitative estimate of drug-likeness (QED) is 0.338. The van der Waals surface area contributed by atoms with Crippen molar-refractivity contribution in [2.75, 3.05) is 52.7 Å². The molecule has 1 fully saturated rings. The van der Waals surface area contributed by atoms with Crippen LogP contribution in [0, 0.1) is 0 Å². The van der Waals surface area contributed by atoms with Crippen LogP contribution in [0.4, 0.5) is 0 Å². The van der Waals surface area contributed by atoms with Crippen LogP contribution in [0.15, 0.2) is 0 Å². The van der Waals surface area contributed by atoms with Gasteiger partial charge in [-0.25, -0.2) is 0 Å². The minimum absolute atomic E-state index is 0.119. The molecular weight excluding hydrogens is 322 g/mol. The highest BCUT2D eigenvalue weighted by Crippen LogP contribution is 2.07. The number of hydrogen-bond acceptors (Lipinski definition) is 6. The van der Waals surface area contributed by atoms with Crippen molar-refractivity contribution in [3.8, 4) is 0 Å². The third-order valence-electron chi connectivity index (χ3n) is 4.21. The van der Waals surface area contributed by atoms with E-state index in [2.05, 4.69) is 12.2 Å². The number of piperidine rings is 1. The van der Waals surface area contributed by atoms with E-state index < -0.39 is 0 Å². The van der Waals surface area contributed by atoms with Gasteiger partial charge < -0.3 is 24.3 Å². The Morgan fingerprint density at radius 1 is 0.880 bits per heavy atom. The van der Waals surface area contributed by atoms with E-state index in [1.54, 1.807) is 0 Å². The molecule has 148 valence electrons. The molecule has 25 heavy (non-hydrogen) atoms. The van der Waals surface area contributed by atoms with Gasteiger partial charge in [0.05, 0.1) is 39.1 Å². The number of rotatable bonds is 16. The highest BCUT2D eigenvalue weighted by atomic mass is 16.6. The Kier molecular flexibility index (Phi) is 15.0. The van der Waals surface area contributed by atoms with E-state index in [4.69, 9.17) is 18.9 Å². The SMILES string of the molecule is CCCCCCCC(=O)OCCOCCOCCOC1CCNCC1. The van der Waals surface area contributed by atoms with Gasteiger partial charge in [-0.2, -0.15) is 0 Å². The summed E-state index contributed by atoms with van der Waals surface area (Å²) in [6.45, 7) is 7.32. The zero-order valence-corrected chi connectivity index (χ0v) is 15.9. The van der Waals surface area contributed by atoms with Crippen molar-refractivity contribution >= 4 is 5.97 Å². The van der Waals surface area contributed by atoms with Crippen LogP contribution < -0.4 is 5.32 Å². The van der Waals surface area contributed by atoms with Crippen LogP contribution in [0.2, 0.25) is 0 Å². The van der Waals surface area contributed by atoms with Crippen LogP contribution in [0.25, 0.3) is 0 Å². The molecule has 0 amide bonds. The standard InChI is InChI=1S/C19H37NO5/c1-2-3-4-5-6-7-19(21)25-17-15-23-13-12-22-14-16-24-18-8-10-20-11-9-18/h18,20H,2-17H2,1H3. The predicted molar refractivity (Wildman–Crippen MR) is 97.8 cm³/mol. The second-order valence-corrected chi connectivity index (χ2v) is 6.43. The fourth-order valence-electron chi connectivity index (χ4n) is 2.72. The second kappa shape index (κ2) is 16.8. The molecule has 0 unspecified atom stereocenters. The highest BCUT2D eigenvalue weighted by Gasteiger charge is 2.12. The summed E-state index contributed by atoms with van der Waals surface area (Å²) >= 11 is 0. The molecule has 1 aliphatic rings. The molecule has 0 bridgehead atoms. The molecule has 6 nitrogen and oxygen atoms in total. The Morgan fingerprint density at radius 2 is 1.52 bits per heavy atom. The lowest BCUT2D eigenvalue weighted by atomic mass is 10.1. The van der Waals surface area contributed by atoms with E-state index in [0.29, 0.717) is 52.2 Å². The van der Waals surface area contributed by atoms with E-state index in [-0.39, 0.29) is 5.97 Å². The lowest BCUT2D eigenvalue weighted by Gasteiger charge is -2.22. The van der Waals surface area contributed by atoms with Gasteiger partial charge in [0.1, 0.15) is 6.61 Å². The summed E-state index contributed by atoms with van der Waals surface area (Å²) in [7, 11) is 0. The van der Waals surface area contributed by atoms with E-state index >= 15 is 0 Å². The zero-order chi connectivity index (χ0) is 18.0. The molecule has 0 aromatic rings. The maximum absolute atomic E-state index is 11.5. The van der Waals surface area contributed by atoms with Gasteiger partial charge in [-0.3, -0.25) is 4.79 Å². The normalized spacial score (nSPS) is 15.4. The summed E-state index contributed by atoms with van der Waals surface area (Å²) in [5.74, 6) is -0.119. The molecule has 0 aromatic heterocycles. The first kappa shape index (κ1) is 22.4. The van der Waals surface area contributed by atoms with Crippen LogP contribution in [0.1, 0.15) is 58.3 Å². The molecule has 0 atom stereocenters. The number of carbonyl (C=O) groups excluding carboxylic acids is 1. The summed E-state index contributed by atoms with van der Waals surface area (Å²) < 4.78 is 21.7. The maximum atomic E-state index is 11.5. The first-order chi connectivity index (χ1) is 12.3. The molecule has 1 aliphatic heterocycles. The second-order valence-electron chi connectivity index (χ2n) is 6.43. The van der Waals surface area contributed by atoms with Crippen LogP contribution in [0.5, 0.6) is 0 Å². The molecule has 1 saturated heterocycles. The Balaban J connectivity index is 1.74. The molecule has 1 heterocycles. The van der Waals surface area contributed by atoms with Gasteiger partial charge in [-0.15, -0.1) is 0 Å². The Bertz CT molecular complexity index is 308.